The number of nitrogens with one attached hydrogen (secondary N) is 2. The molecule has 3 N–H and O–H groups in total. The van der Waals surface area contributed by atoms with E-state index in [1.165, 1.54) is 23.4 Å². The molecule has 0 amide bonds. The molecule has 2 rings (SSSR count). The fourth-order valence-corrected chi connectivity index (χ4v) is 1.23. The highest BCUT2D eigenvalue weighted by atomic mass is 16.4. The van der Waals surface area contributed by atoms with Gasteiger partial charge >= 0.3 is 0 Å². The minimum absolute atomic E-state index is 0.340. The highest BCUT2D eigenvalue weighted by Crippen LogP contribution is 2.09. The summed E-state index contributed by atoms with van der Waals surface area (Å²) < 4.78 is 0. The van der Waals surface area contributed by atoms with Crippen molar-refractivity contribution < 1.29 is 20.1 Å². The van der Waals surface area contributed by atoms with Crippen LogP contribution in [0.15, 0.2) is 36.5 Å². The molecule has 1 atom stereocenters. The van der Waals surface area contributed by atoms with Crippen molar-refractivity contribution in [1.82, 2.24) is 5.10 Å². The predicted octanol–water partition coefficient (Wildman–Crippen LogP) is -0.0845. The molecule has 1 aromatic carbocycles. The quantitative estimate of drug-likeness (QED) is 0.778. The van der Waals surface area contributed by atoms with E-state index in [1.807, 2.05) is 13.1 Å². The van der Waals surface area contributed by atoms with Gasteiger partial charge in [0, 0.05) is 5.56 Å². The van der Waals surface area contributed by atoms with Gasteiger partial charge in [0.25, 0.3) is 0 Å². The molecule has 96 valence electrons. The number of aliphatic carboxylic acids is 1. The number of aliphatic hydroxyl groups is 1. The molecule has 1 unspecified atom stereocenters. The lowest BCUT2D eigenvalue weighted by Crippen LogP contribution is -2.29. The van der Waals surface area contributed by atoms with E-state index in [0.29, 0.717) is 5.56 Å². The van der Waals surface area contributed by atoms with Crippen LogP contribution in [-0.2, 0) is 4.79 Å². The fraction of sp³-hybridized carbons (Fsp3) is 0.231. The standard InChI is InChI=1S/C8H8O3.C5H8N2/c9-7(8(10)11)6-4-2-1-3-5-6;1-4-3-6-7-5(4)2/h1-5,7,9H,(H,10,11);3H,1-2H3,(H,6,7). The first-order valence-corrected chi connectivity index (χ1v) is 5.48. The van der Waals surface area contributed by atoms with Crippen molar-refractivity contribution in [2.24, 2.45) is 0 Å². The van der Waals surface area contributed by atoms with Gasteiger partial charge in [0.15, 0.2) is 6.20 Å². The predicted molar refractivity (Wildman–Crippen MR) is 63.2 cm³/mol. The van der Waals surface area contributed by atoms with E-state index in [-0.39, 0.29) is 0 Å². The molecule has 1 heterocycles. The van der Waals surface area contributed by atoms with E-state index in [1.54, 1.807) is 18.2 Å². The molecule has 0 saturated heterocycles. The Labute approximate surface area is 105 Å². The zero-order valence-electron chi connectivity index (χ0n) is 10.3. The Hall–Kier alpha value is -2.14. The van der Waals surface area contributed by atoms with E-state index in [2.05, 4.69) is 17.1 Å². The van der Waals surface area contributed by atoms with Crippen molar-refractivity contribution >= 4 is 5.97 Å². The van der Waals surface area contributed by atoms with Crippen LogP contribution in [0.4, 0.5) is 0 Å². The van der Waals surface area contributed by atoms with E-state index in [4.69, 9.17) is 5.11 Å². The third-order valence-electron chi connectivity index (χ3n) is 2.48. The number of aromatic amines is 2. The molecule has 0 aliphatic heterocycles. The van der Waals surface area contributed by atoms with E-state index in [9.17, 15) is 9.90 Å². The first-order valence-electron chi connectivity index (χ1n) is 5.48. The van der Waals surface area contributed by atoms with Gasteiger partial charge in [0.05, 0.1) is 11.7 Å². The van der Waals surface area contributed by atoms with Gasteiger partial charge < -0.3 is 15.0 Å². The number of aliphatic hydroxyl groups excluding tert-OH is 1. The number of hydrogen-bond acceptors (Lipinski definition) is 3. The van der Waals surface area contributed by atoms with Gasteiger partial charge in [0.1, 0.15) is 6.10 Å². The largest absolute Gasteiger partial charge is 0.547 e. The average molecular weight is 248 g/mol. The second-order valence-electron chi connectivity index (χ2n) is 3.85. The van der Waals surface area contributed by atoms with E-state index < -0.39 is 12.1 Å². The second-order valence-corrected chi connectivity index (χ2v) is 3.85. The highest BCUT2D eigenvalue weighted by Gasteiger charge is 2.05. The number of carbonyl (C=O) groups is 1. The summed E-state index contributed by atoms with van der Waals surface area (Å²) in [4.78, 5) is 10.1. The van der Waals surface area contributed by atoms with Crippen molar-refractivity contribution in [2.45, 2.75) is 20.0 Å². The summed E-state index contributed by atoms with van der Waals surface area (Å²) in [5.74, 6) is -1.48. The lowest BCUT2D eigenvalue weighted by atomic mass is 10.1. The van der Waals surface area contributed by atoms with Crippen LogP contribution in [0.1, 0.15) is 22.9 Å². The SMILES string of the molecule is Cc1c[nH+][nH]c1C.O=C([O-])C(O)c1ccccc1. The third-order valence-corrected chi connectivity index (χ3v) is 2.48. The number of carboxylic acid groups (broad SMARTS) is 1. The molecule has 0 saturated carbocycles. The Balaban J connectivity index is 0.000000199. The van der Waals surface area contributed by atoms with Crippen LogP contribution in [0.25, 0.3) is 0 Å². The number of carboxylic acids is 1. The molecule has 1 aromatic heterocycles. The van der Waals surface area contributed by atoms with Gasteiger partial charge in [-0.3, -0.25) is 0 Å². The summed E-state index contributed by atoms with van der Waals surface area (Å²) >= 11 is 0. The molecule has 0 aliphatic rings. The zero-order valence-corrected chi connectivity index (χ0v) is 10.3. The summed E-state index contributed by atoms with van der Waals surface area (Å²) in [5, 5.41) is 24.9. The van der Waals surface area contributed by atoms with Crippen molar-refractivity contribution in [2.75, 3.05) is 0 Å². The topological polar surface area (TPSA) is 90.3 Å². The minimum atomic E-state index is -1.52. The van der Waals surface area contributed by atoms with Gasteiger partial charge in [-0.05, 0) is 19.4 Å². The van der Waals surface area contributed by atoms with Crippen LogP contribution in [0.3, 0.4) is 0 Å². The maximum Gasteiger partial charge on any atom is 0.195 e. The number of hydrogen-bond donors (Lipinski definition) is 2. The first-order chi connectivity index (χ1) is 8.52. The lowest BCUT2D eigenvalue weighted by molar-refractivity contribution is -0.449. The summed E-state index contributed by atoms with van der Waals surface area (Å²) in [6.45, 7) is 4.09. The molecular weight excluding hydrogens is 232 g/mol. The van der Waals surface area contributed by atoms with Crippen LogP contribution < -0.4 is 10.2 Å². The number of aryl methyl sites for hydroxylation is 2. The lowest BCUT2D eigenvalue weighted by Gasteiger charge is -2.10. The Morgan fingerprint density at radius 1 is 1.33 bits per heavy atom. The Morgan fingerprint density at radius 2 is 1.94 bits per heavy atom. The van der Waals surface area contributed by atoms with Crippen molar-refractivity contribution in [1.29, 1.82) is 0 Å². The van der Waals surface area contributed by atoms with Crippen molar-refractivity contribution in [3.05, 3.63) is 53.3 Å². The summed E-state index contributed by atoms with van der Waals surface area (Å²) in [6, 6.07) is 8.11. The molecule has 18 heavy (non-hydrogen) atoms. The van der Waals surface area contributed by atoms with Crippen molar-refractivity contribution in [3.63, 3.8) is 0 Å². The maximum atomic E-state index is 10.1. The minimum Gasteiger partial charge on any atom is -0.547 e. The molecule has 0 fully saturated rings. The highest BCUT2D eigenvalue weighted by molar-refractivity contribution is 5.71. The van der Waals surface area contributed by atoms with Crippen LogP contribution in [0.5, 0.6) is 0 Å². The first kappa shape index (κ1) is 13.9. The van der Waals surface area contributed by atoms with E-state index >= 15 is 0 Å². The molecule has 2 aromatic rings. The fourth-order valence-electron chi connectivity index (χ4n) is 1.23. The summed E-state index contributed by atoms with van der Waals surface area (Å²) in [7, 11) is 0. The normalized spacial score (nSPS) is 11.3. The van der Waals surface area contributed by atoms with Crippen molar-refractivity contribution in [3.8, 4) is 0 Å². The Bertz CT molecular complexity index is 477. The van der Waals surface area contributed by atoms with Gasteiger partial charge in [-0.2, -0.15) is 5.10 Å². The van der Waals surface area contributed by atoms with Gasteiger partial charge in [-0.1, -0.05) is 30.3 Å². The number of H-pyrrole nitrogens is 2. The maximum absolute atomic E-state index is 10.1. The summed E-state index contributed by atoms with van der Waals surface area (Å²) in [6.07, 6.45) is 0.422. The number of benzene rings is 1. The molecule has 0 radical (unpaired) electrons. The van der Waals surface area contributed by atoms with E-state index in [0.717, 1.165) is 0 Å². The molecule has 0 bridgehead atoms. The van der Waals surface area contributed by atoms with Crippen LogP contribution in [-0.4, -0.2) is 16.2 Å². The number of rotatable bonds is 2. The molecule has 5 heteroatoms. The van der Waals surface area contributed by atoms with Gasteiger partial charge in [0.2, 0.25) is 0 Å². The number of aromatic nitrogens is 2. The molecule has 5 nitrogen and oxygen atoms in total. The smallest absolute Gasteiger partial charge is 0.195 e. The molecule has 0 spiro atoms. The Morgan fingerprint density at radius 3 is 2.28 bits per heavy atom. The van der Waals surface area contributed by atoms with Gasteiger partial charge in [-0.25, -0.2) is 0 Å². The molecule has 0 aliphatic carbocycles. The summed E-state index contributed by atoms with van der Waals surface area (Å²) in [5.41, 5.74) is 2.83. The van der Waals surface area contributed by atoms with Crippen LogP contribution in [0.2, 0.25) is 0 Å². The van der Waals surface area contributed by atoms with Crippen LogP contribution >= 0.6 is 0 Å². The zero-order chi connectivity index (χ0) is 13.5. The van der Waals surface area contributed by atoms with Crippen LogP contribution in [0, 0.1) is 13.8 Å². The average Bonchev–Trinajstić information content (AvgIpc) is 2.74. The number of carbonyl (C=O) groups excluding carboxylic acids is 1. The van der Waals surface area contributed by atoms with Gasteiger partial charge in [-0.15, -0.1) is 5.10 Å². The second kappa shape index (κ2) is 6.56. The monoisotopic (exact) mass is 248 g/mol. The Kier molecular flexibility index (Phi) is 5.07. The third kappa shape index (κ3) is 4.03. The molecular formula is C13H16N2O3.